The molecule has 0 saturated heterocycles. The lowest BCUT2D eigenvalue weighted by atomic mass is 10.2. The zero-order chi connectivity index (χ0) is 12.7. The van der Waals surface area contributed by atoms with Crippen LogP contribution in [0.5, 0.6) is 5.75 Å². The summed E-state index contributed by atoms with van der Waals surface area (Å²) in [6, 6.07) is 6.12. The molecule has 0 fully saturated rings. The molecule has 0 atom stereocenters. The van der Waals surface area contributed by atoms with Gasteiger partial charge >= 0.3 is 0 Å². The molecule has 3 nitrogen and oxygen atoms in total. The van der Waals surface area contributed by atoms with Crippen LogP contribution in [0.2, 0.25) is 0 Å². The van der Waals surface area contributed by atoms with Crippen molar-refractivity contribution in [3.05, 3.63) is 34.1 Å². The van der Waals surface area contributed by atoms with Gasteiger partial charge in [0, 0.05) is 10.2 Å². The lowest BCUT2D eigenvalue weighted by molar-refractivity contribution is 0.305. The Bertz CT molecular complexity index is 604. The van der Waals surface area contributed by atoms with Crippen LogP contribution in [0.3, 0.4) is 0 Å². The second-order valence-electron chi connectivity index (χ2n) is 4.46. The summed E-state index contributed by atoms with van der Waals surface area (Å²) in [5, 5.41) is 0. The van der Waals surface area contributed by atoms with Gasteiger partial charge in [0.2, 0.25) is 0 Å². The summed E-state index contributed by atoms with van der Waals surface area (Å²) in [6.07, 6.45) is 0.971. The highest BCUT2D eigenvalue weighted by Gasteiger charge is 2.20. The van der Waals surface area contributed by atoms with Gasteiger partial charge in [-0.05, 0) is 31.5 Å². The summed E-state index contributed by atoms with van der Waals surface area (Å²) in [5.74, 6) is 1.94. The van der Waals surface area contributed by atoms with Crippen molar-refractivity contribution in [1.82, 2.24) is 9.55 Å². The standard InChI is InChI=1S/C14H15BrN2O/c1-3-12-9(2)17-6-7-18-13-8-10(15)4-5-11(13)14(17)16-12/h4-5,8H,3,6-7H2,1-2H3. The maximum atomic E-state index is 5.81. The van der Waals surface area contributed by atoms with E-state index in [1.807, 2.05) is 12.1 Å². The average Bonchev–Trinajstić information content (AvgIpc) is 2.56. The third-order valence-electron chi connectivity index (χ3n) is 3.41. The molecular weight excluding hydrogens is 292 g/mol. The Hall–Kier alpha value is -1.29. The number of aromatic nitrogens is 2. The molecule has 94 valence electrons. The molecule has 0 aliphatic carbocycles. The molecule has 2 heterocycles. The van der Waals surface area contributed by atoms with E-state index in [0.717, 1.165) is 34.6 Å². The number of imidazole rings is 1. The van der Waals surface area contributed by atoms with Crippen LogP contribution >= 0.6 is 15.9 Å². The van der Waals surface area contributed by atoms with Crippen LogP contribution in [0.25, 0.3) is 11.4 Å². The molecule has 2 aromatic rings. The lowest BCUT2D eigenvalue weighted by Crippen LogP contribution is -2.07. The summed E-state index contributed by atoms with van der Waals surface area (Å²) in [7, 11) is 0. The number of aryl methyl sites for hydroxylation is 1. The monoisotopic (exact) mass is 306 g/mol. The summed E-state index contributed by atoms with van der Waals surface area (Å²) in [4.78, 5) is 4.77. The van der Waals surface area contributed by atoms with Gasteiger partial charge in [-0.15, -0.1) is 0 Å². The molecule has 3 rings (SSSR count). The van der Waals surface area contributed by atoms with Crippen LogP contribution < -0.4 is 4.74 Å². The fourth-order valence-corrected chi connectivity index (χ4v) is 2.79. The Morgan fingerprint density at radius 2 is 2.28 bits per heavy atom. The Balaban J connectivity index is 2.24. The largest absolute Gasteiger partial charge is 0.491 e. The number of ether oxygens (including phenoxy) is 1. The van der Waals surface area contributed by atoms with E-state index in [0.29, 0.717) is 6.61 Å². The van der Waals surface area contributed by atoms with Gasteiger partial charge in [-0.2, -0.15) is 0 Å². The van der Waals surface area contributed by atoms with E-state index in [4.69, 9.17) is 9.72 Å². The molecule has 1 aromatic carbocycles. The minimum absolute atomic E-state index is 0.691. The lowest BCUT2D eigenvalue weighted by Gasteiger charge is -2.06. The van der Waals surface area contributed by atoms with E-state index in [-0.39, 0.29) is 0 Å². The number of hydrogen-bond acceptors (Lipinski definition) is 2. The molecule has 0 saturated carbocycles. The zero-order valence-corrected chi connectivity index (χ0v) is 12.1. The summed E-state index contributed by atoms with van der Waals surface area (Å²) >= 11 is 3.48. The van der Waals surface area contributed by atoms with Crippen LogP contribution in [0.4, 0.5) is 0 Å². The smallest absolute Gasteiger partial charge is 0.144 e. The van der Waals surface area contributed by atoms with Crippen LogP contribution in [0.15, 0.2) is 22.7 Å². The second-order valence-corrected chi connectivity index (χ2v) is 5.38. The maximum absolute atomic E-state index is 5.81. The number of nitrogens with zero attached hydrogens (tertiary/aromatic N) is 2. The van der Waals surface area contributed by atoms with Gasteiger partial charge in [0.25, 0.3) is 0 Å². The van der Waals surface area contributed by atoms with E-state index < -0.39 is 0 Å². The van der Waals surface area contributed by atoms with E-state index in [2.05, 4.69) is 40.4 Å². The predicted molar refractivity (Wildman–Crippen MR) is 75.0 cm³/mol. The molecule has 18 heavy (non-hydrogen) atoms. The molecule has 0 N–H and O–H groups in total. The molecule has 1 aromatic heterocycles. The minimum Gasteiger partial charge on any atom is -0.491 e. The first-order valence-electron chi connectivity index (χ1n) is 6.19. The fraction of sp³-hybridized carbons (Fsp3) is 0.357. The average molecular weight is 307 g/mol. The van der Waals surface area contributed by atoms with E-state index >= 15 is 0 Å². The van der Waals surface area contributed by atoms with Crippen LogP contribution in [0, 0.1) is 6.92 Å². The highest BCUT2D eigenvalue weighted by molar-refractivity contribution is 9.10. The first kappa shape index (κ1) is 11.8. The SMILES string of the molecule is CCc1nc2n(c1C)CCOc1cc(Br)ccc1-2. The maximum Gasteiger partial charge on any atom is 0.144 e. The van der Waals surface area contributed by atoms with Crippen molar-refractivity contribution in [1.29, 1.82) is 0 Å². The molecular formula is C14H15BrN2O. The van der Waals surface area contributed by atoms with Crippen molar-refractivity contribution < 1.29 is 4.74 Å². The summed E-state index contributed by atoms with van der Waals surface area (Å²) in [6.45, 7) is 5.84. The Morgan fingerprint density at radius 3 is 3.06 bits per heavy atom. The highest BCUT2D eigenvalue weighted by Crippen LogP contribution is 2.35. The van der Waals surface area contributed by atoms with E-state index in [9.17, 15) is 0 Å². The van der Waals surface area contributed by atoms with Crippen molar-refractivity contribution in [3.63, 3.8) is 0 Å². The van der Waals surface area contributed by atoms with Gasteiger partial charge in [-0.3, -0.25) is 0 Å². The van der Waals surface area contributed by atoms with E-state index in [1.54, 1.807) is 0 Å². The first-order valence-corrected chi connectivity index (χ1v) is 6.98. The number of fused-ring (bicyclic) bond motifs is 3. The van der Waals surface area contributed by atoms with Crippen LogP contribution in [0.1, 0.15) is 18.3 Å². The van der Waals surface area contributed by atoms with Crippen molar-refractivity contribution in [2.75, 3.05) is 6.61 Å². The van der Waals surface area contributed by atoms with Crippen molar-refractivity contribution in [3.8, 4) is 17.1 Å². The molecule has 0 unspecified atom stereocenters. The van der Waals surface area contributed by atoms with Gasteiger partial charge in [0.05, 0.1) is 17.8 Å². The number of halogens is 1. The summed E-state index contributed by atoms with van der Waals surface area (Å²) < 4.78 is 9.11. The normalized spacial score (nSPS) is 13.5. The Kier molecular flexibility index (Phi) is 2.90. The molecule has 1 aliphatic heterocycles. The molecule has 0 bridgehead atoms. The summed E-state index contributed by atoms with van der Waals surface area (Å²) in [5.41, 5.74) is 3.52. The minimum atomic E-state index is 0.691. The van der Waals surface area contributed by atoms with Gasteiger partial charge in [-0.1, -0.05) is 22.9 Å². The molecule has 0 radical (unpaired) electrons. The molecule has 1 aliphatic rings. The van der Waals surface area contributed by atoms with Crippen molar-refractivity contribution >= 4 is 15.9 Å². The van der Waals surface area contributed by atoms with E-state index in [1.165, 1.54) is 11.4 Å². The second kappa shape index (κ2) is 4.43. The van der Waals surface area contributed by atoms with Crippen molar-refractivity contribution in [2.45, 2.75) is 26.8 Å². The van der Waals surface area contributed by atoms with Crippen LogP contribution in [-0.2, 0) is 13.0 Å². The Labute approximate surface area is 115 Å². The fourth-order valence-electron chi connectivity index (χ4n) is 2.45. The number of hydrogen-bond donors (Lipinski definition) is 0. The Morgan fingerprint density at radius 1 is 1.44 bits per heavy atom. The van der Waals surface area contributed by atoms with Crippen molar-refractivity contribution in [2.24, 2.45) is 0 Å². The van der Waals surface area contributed by atoms with Gasteiger partial charge in [0.1, 0.15) is 18.2 Å². The van der Waals surface area contributed by atoms with Gasteiger partial charge in [0.15, 0.2) is 0 Å². The zero-order valence-electron chi connectivity index (χ0n) is 10.5. The van der Waals surface area contributed by atoms with Gasteiger partial charge in [-0.25, -0.2) is 4.98 Å². The van der Waals surface area contributed by atoms with Gasteiger partial charge < -0.3 is 9.30 Å². The quantitative estimate of drug-likeness (QED) is 0.805. The highest BCUT2D eigenvalue weighted by atomic mass is 79.9. The molecule has 4 heteroatoms. The number of benzene rings is 1. The van der Waals surface area contributed by atoms with Crippen LogP contribution in [-0.4, -0.2) is 16.2 Å². The third kappa shape index (κ3) is 1.75. The molecule has 0 spiro atoms. The topological polar surface area (TPSA) is 27.1 Å². The first-order chi connectivity index (χ1) is 8.70. The molecule has 0 amide bonds. The number of rotatable bonds is 1. The third-order valence-corrected chi connectivity index (χ3v) is 3.90. The predicted octanol–water partition coefficient (Wildman–Crippen LogP) is 3.58.